The van der Waals surface area contributed by atoms with Crippen LogP contribution in [0.5, 0.6) is 0 Å². The molecular weight excluding hydrogens is 486 g/mol. The maximum Gasteiger partial charge on any atom is 0.244 e. The molecule has 3 rings (SSSR count). The maximum absolute atomic E-state index is 13.9. The quantitative estimate of drug-likeness (QED) is 0.488. The van der Waals surface area contributed by atoms with Crippen LogP contribution in [0.1, 0.15) is 67.7 Å². The van der Waals surface area contributed by atoms with Gasteiger partial charge in [-0.3, -0.25) is 13.9 Å². The van der Waals surface area contributed by atoms with E-state index >= 15 is 0 Å². The summed E-state index contributed by atoms with van der Waals surface area (Å²) in [6.45, 7) is 7.39. The number of hydrogen-bond acceptors (Lipinski definition) is 4. The predicted octanol–water partition coefficient (Wildman–Crippen LogP) is 4.63. The highest BCUT2D eigenvalue weighted by Crippen LogP contribution is 2.27. The first kappa shape index (κ1) is 28.7. The van der Waals surface area contributed by atoms with E-state index in [9.17, 15) is 18.0 Å². The van der Waals surface area contributed by atoms with E-state index in [4.69, 9.17) is 0 Å². The maximum atomic E-state index is 13.9. The van der Waals surface area contributed by atoms with Crippen LogP contribution in [0.25, 0.3) is 0 Å². The van der Waals surface area contributed by atoms with Crippen LogP contribution in [0, 0.1) is 20.8 Å². The second kappa shape index (κ2) is 12.6. The molecule has 0 saturated heterocycles. The summed E-state index contributed by atoms with van der Waals surface area (Å²) in [5, 5.41) is 3.17. The zero-order chi connectivity index (χ0) is 27.2. The van der Waals surface area contributed by atoms with Gasteiger partial charge < -0.3 is 10.2 Å². The number of carbonyl (C=O) groups excluding carboxylic acids is 2. The van der Waals surface area contributed by atoms with Gasteiger partial charge in [0.05, 0.1) is 11.9 Å². The summed E-state index contributed by atoms with van der Waals surface area (Å²) < 4.78 is 27.0. The van der Waals surface area contributed by atoms with Crippen LogP contribution in [-0.4, -0.2) is 50.0 Å². The molecule has 0 heterocycles. The van der Waals surface area contributed by atoms with Gasteiger partial charge in [-0.1, -0.05) is 68.7 Å². The van der Waals surface area contributed by atoms with Gasteiger partial charge in [-0.05, 0) is 62.3 Å². The number of anilines is 1. The smallest absolute Gasteiger partial charge is 0.244 e. The fourth-order valence-corrected chi connectivity index (χ4v) is 6.17. The van der Waals surface area contributed by atoms with E-state index in [1.807, 2.05) is 70.2 Å². The molecule has 202 valence electrons. The molecule has 37 heavy (non-hydrogen) atoms. The van der Waals surface area contributed by atoms with E-state index in [0.29, 0.717) is 12.1 Å². The van der Waals surface area contributed by atoms with Crippen molar-refractivity contribution in [3.63, 3.8) is 0 Å². The van der Waals surface area contributed by atoms with E-state index in [2.05, 4.69) is 5.32 Å². The zero-order valence-electron chi connectivity index (χ0n) is 22.8. The fraction of sp³-hybridized carbons (Fsp3) is 0.517. The largest absolute Gasteiger partial charge is 0.352 e. The number of para-hydroxylation sites is 1. The van der Waals surface area contributed by atoms with Crippen LogP contribution in [0.15, 0.2) is 42.5 Å². The molecule has 2 amide bonds. The molecule has 1 N–H and O–H groups in total. The summed E-state index contributed by atoms with van der Waals surface area (Å²) in [5.41, 5.74) is 3.99. The van der Waals surface area contributed by atoms with Gasteiger partial charge in [0, 0.05) is 12.6 Å². The van der Waals surface area contributed by atoms with Gasteiger partial charge in [0.1, 0.15) is 12.6 Å². The molecule has 0 unspecified atom stereocenters. The second-order valence-corrected chi connectivity index (χ2v) is 12.1. The molecule has 1 aliphatic rings. The average Bonchev–Trinajstić information content (AvgIpc) is 2.84. The minimum atomic E-state index is -3.76. The molecule has 0 radical (unpaired) electrons. The Morgan fingerprint density at radius 1 is 0.946 bits per heavy atom. The summed E-state index contributed by atoms with van der Waals surface area (Å²) in [7, 11) is -3.76. The van der Waals surface area contributed by atoms with Gasteiger partial charge in [0.2, 0.25) is 21.8 Å². The van der Waals surface area contributed by atoms with E-state index < -0.39 is 22.0 Å². The van der Waals surface area contributed by atoms with Gasteiger partial charge in [0.25, 0.3) is 0 Å². The molecule has 2 aromatic carbocycles. The zero-order valence-corrected chi connectivity index (χ0v) is 23.6. The van der Waals surface area contributed by atoms with E-state index in [1.54, 1.807) is 4.90 Å². The summed E-state index contributed by atoms with van der Waals surface area (Å²) in [6.07, 6.45) is 6.80. The Morgan fingerprint density at radius 3 is 2.11 bits per heavy atom. The molecular formula is C29H41N3O4S. The molecule has 1 saturated carbocycles. The van der Waals surface area contributed by atoms with E-state index in [1.165, 1.54) is 10.7 Å². The topological polar surface area (TPSA) is 86.8 Å². The van der Waals surface area contributed by atoms with Gasteiger partial charge in [-0.2, -0.15) is 0 Å². The van der Waals surface area contributed by atoms with Gasteiger partial charge in [0.15, 0.2) is 0 Å². The third-order valence-corrected chi connectivity index (χ3v) is 8.42. The van der Waals surface area contributed by atoms with E-state index in [-0.39, 0.29) is 25.0 Å². The third-order valence-electron chi connectivity index (χ3n) is 7.31. The molecule has 7 nitrogen and oxygen atoms in total. The lowest BCUT2D eigenvalue weighted by Gasteiger charge is -2.35. The first-order valence-electron chi connectivity index (χ1n) is 13.2. The summed E-state index contributed by atoms with van der Waals surface area (Å²) >= 11 is 0. The molecule has 1 atom stereocenters. The van der Waals surface area contributed by atoms with Crippen molar-refractivity contribution in [2.45, 2.75) is 84.8 Å². The van der Waals surface area contributed by atoms with Crippen LogP contribution in [0.3, 0.4) is 0 Å². The van der Waals surface area contributed by atoms with Crippen LogP contribution in [0.2, 0.25) is 0 Å². The Hall–Kier alpha value is -2.87. The van der Waals surface area contributed by atoms with Crippen LogP contribution in [-0.2, 0) is 26.2 Å². The fourth-order valence-electron chi connectivity index (χ4n) is 5.21. The van der Waals surface area contributed by atoms with Gasteiger partial charge in [-0.15, -0.1) is 0 Å². The predicted molar refractivity (Wildman–Crippen MR) is 149 cm³/mol. The van der Waals surface area contributed by atoms with Gasteiger partial charge in [-0.25, -0.2) is 8.42 Å². The summed E-state index contributed by atoms with van der Waals surface area (Å²) in [6, 6.07) is 12.7. The number of hydrogen-bond donors (Lipinski definition) is 1. The Balaban J connectivity index is 1.96. The molecule has 0 aliphatic heterocycles. The van der Waals surface area contributed by atoms with Crippen molar-refractivity contribution in [1.29, 1.82) is 0 Å². The molecule has 1 fully saturated rings. The standard InChI is InChI=1S/C29H41N3O4S/c1-6-26(29(34)30-25-17-8-7-9-18-25)31(19-24-16-11-10-13-21(24)2)27(33)20-32(37(5,35)36)28-22(3)14-12-15-23(28)4/h10-16,25-26H,6-9,17-20H2,1-5H3,(H,30,34)/t26-/m0/s1. The number of carbonyl (C=O) groups is 2. The van der Waals surface area contributed by atoms with Crippen molar-refractivity contribution in [3.05, 3.63) is 64.7 Å². The van der Waals surface area contributed by atoms with Crippen LogP contribution < -0.4 is 9.62 Å². The molecule has 1 aliphatic carbocycles. The average molecular weight is 528 g/mol. The van der Waals surface area contributed by atoms with Crippen molar-refractivity contribution in [1.82, 2.24) is 10.2 Å². The second-order valence-electron chi connectivity index (χ2n) is 10.2. The number of nitrogens with one attached hydrogen (secondary N) is 1. The first-order valence-corrected chi connectivity index (χ1v) is 15.1. The normalized spacial score (nSPS) is 15.2. The SMILES string of the molecule is CC[C@@H](C(=O)NC1CCCCC1)N(Cc1ccccc1C)C(=O)CN(c1c(C)cccc1C)S(C)(=O)=O. The Bertz CT molecular complexity index is 1190. The lowest BCUT2D eigenvalue weighted by Crippen LogP contribution is -2.54. The van der Waals surface area contributed by atoms with Crippen LogP contribution in [0.4, 0.5) is 5.69 Å². The molecule has 0 spiro atoms. The minimum Gasteiger partial charge on any atom is -0.352 e. The highest BCUT2D eigenvalue weighted by molar-refractivity contribution is 7.92. The molecule has 0 aromatic heterocycles. The Labute approximate surface area is 222 Å². The molecule has 0 bridgehead atoms. The number of sulfonamides is 1. The minimum absolute atomic E-state index is 0.118. The first-order chi connectivity index (χ1) is 17.5. The van der Waals surface area contributed by atoms with Gasteiger partial charge >= 0.3 is 0 Å². The number of aryl methyl sites for hydroxylation is 3. The number of benzene rings is 2. The molecule has 8 heteroatoms. The lowest BCUT2D eigenvalue weighted by atomic mass is 9.95. The van der Waals surface area contributed by atoms with E-state index in [0.717, 1.165) is 54.2 Å². The highest BCUT2D eigenvalue weighted by atomic mass is 32.2. The highest BCUT2D eigenvalue weighted by Gasteiger charge is 2.33. The Kier molecular flexibility index (Phi) is 9.76. The van der Waals surface area contributed by atoms with Crippen molar-refractivity contribution in [2.75, 3.05) is 17.1 Å². The van der Waals surface area contributed by atoms with Crippen LogP contribution >= 0.6 is 0 Å². The van der Waals surface area contributed by atoms with Crippen molar-refractivity contribution >= 4 is 27.5 Å². The summed E-state index contributed by atoms with van der Waals surface area (Å²) in [4.78, 5) is 29.0. The number of rotatable bonds is 10. The number of nitrogens with zero attached hydrogens (tertiary/aromatic N) is 2. The van der Waals surface area contributed by atoms with Crippen molar-refractivity contribution in [2.24, 2.45) is 0 Å². The van der Waals surface area contributed by atoms with Crippen molar-refractivity contribution < 1.29 is 18.0 Å². The lowest BCUT2D eigenvalue weighted by molar-refractivity contribution is -0.140. The monoisotopic (exact) mass is 527 g/mol. The number of amides is 2. The Morgan fingerprint density at radius 2 is 1.54 bits per heavy atom. The van der Waals surface area contributed by atoms with Crippen molar-refractivity contribution in [3.8, 4) is 0 Å². The molecule has 2 aromatic rings. The summed E-state index contributed by atoms with van der Waals surface area (Å²) in [5.74, 6) is -0.573. The third kappa shape index (κ3) is 7.34.